The molecule has 0 unspecified atom stereocenters. The molecule has 9 aromatic rings. The molecular formula is C46H41N5O. The van der Waals surface area contributed by atoms with Gasteiger partial charge in [0.15, 0.2) is 0 Å². The van der Waals surface area contributed by atoms with Gasteiger partial charge in [-0.2, -0.15) is 5.10 Å². The Morgan fingerprint density at radius 2 is 1.19 bits per heavy atom. The van der Waals surface area contributed by atoms with Crippen LogP contribution in [0.4, 0.5) is 0 Å². The summed E-state index contributed by atoms with van der Waals surface area (Å²) in [6.07, 6.45) is 2.04. The molecule has 0 saturated carbocycles. The van der Waals surface area contributed by atoms with E-state index in [2.05, 4.69) is 142 Å². The van der Waals surface area contributed by atoms with Gasteiger partial charge >= 0.3 is 0 Å². The van der Waals surface area contributed by atoms with Crippen LogP contribution in [0.15, 0.2) is 103 Å². The molecular weight excluding hydrogens is 639 g/mol. The largest absolute Gasteiger partial charge is 0.457 e. The first-order valence-corrected chi connectivity index (χ1v) is 17.9. The molecule has 4 aromatic heterocycles. The van der Waals surface area contributed by atoms with Crippen LogP contribution in [0.2, 0.25) is 0 Å². The van der Waals surface area contributed by atoms with Crippen molar-refractivity contribution in [2.24, 2.45) is 0 Å². The molecule has 0 saturated heterocycles. The lowest BCUT2D eigenvalue weighted by Crippen LogP contribution is -2.08. The maximum absolute atomic E-state index is 6.58. The Hall–Kier alpha value is -6.14. The molecule has 0 fully saturated rings. The van der Waals surface area contributed by atoms with Crippen molar-refractivity contribution in [1.82, 2.24) is 23.9 Å². The number of fused-ring (bicyclic) bond motifs is 6. The zero-order valence-corrected chi connectivity index (χ0v) is 31.0. The van der Waals surface area contributed by atoms with Crippen molar-refractivity contribution in [1.29, 1.82) is 0 Å². The van der Waals surface area contributed by atoms with Crippen molar-refractivity contribution in [3.05, 3.63) is 148 Å². The minimum absolute atomic E-state index is 0.752. The van der Waals surface area contributed by atoms with E-state index in [0.29, 0.717) is 0 Å². The van der Waals surface area contributed by atoms with E-state index in [1.54, 1.807) is 0 Å². The lowest BCUT2D eigenvalue weighted by Gasteiger charge is -2.20. The fourth-order valence-corrected chi connectivity index (χ4v) is 8.37. The number of rotatable bonds is 5. The monoisotopic (exact) mass is 679 g/mol. The van der Waals surface area contributed by atoms with Gasteiger partial charge in [-0.25, -0.2) is 9.67 Å². The number of para-hydroxylation sites is 1. The molecule has 0 N–H and O–H groups in total. The van der Waals surface area contributed by atoms with Crippen molar-refractivity contribution < 1.29 is 4.74 Å². The van der Waals surface area contributed by atoms with E-state index in [9.17, 15) is 0 Å². The molecule has 0 atom stereocenters. The number of ether oxygens (including phenoxy) is 1. The van der Waals surface area contributed by atoms with Crippen LogP contribution in [0.5, 0.6) is 11.5 Å². The van der Waals surface area contributed by atoms with Crippen LogP contribution in [0, 0.1) is 55.4 Å². The van der Waals surface area contributed by atoms with Crippen LogP contribution in [0.1, 0.15) is 44.8 Å². The van der Waals surface area contributed by atoms with Crippen molar-refractivity contribution in [3.8, 4) is 28.7 Å². The number of nitrogens with zero attached hydrogens (tertiary/aromatic N) is 5. The number of hydrogen-bond acceptors (Lipinski definition) is 3. The van der Waals surface area contributed by atoms with Gasteiger partial charge in [-0.05, 0) is 120 Å². The number of aryl methyl sites for hydroxylation is 7. The topological polar surface area (TPSA) is 49.8 Å². The minimum atomic E-state index is 0.752. The summed E-state index contributed by atoms with van der Waals surface area (Å²) in [5, 5.41) is 9.66. The molecule has 0 amide bonds. The van der Waals surface area contributed by atoms with Gasteiger partial charge in [0.05, 0.1) is 39.1 Å². The van der Waals surface area contributed by atoms with Gasteiger partial charge in [-0.3, -0.25) is 4.57 Å². The van der Waals surface area contributed by atoms with Gasteiger partial charge in [0.25, 0.3) is 0 Å². The minimum Gasteiger partial charge on any atom is -0.457 e. The summed E-state index contributed by atoms with van der Waals surface area (Å²) < 4.78 is 13.4. The molecule has 6 nitrogen and oxygen atoms in total. The van der Waals surface area contributed by atoms with Crippen molar-refractivity contribution in [3.63, 3.8) is 0 Å². The Bertz CT molecular complexity index is 2850. The Kier molecular flexibility index (Phi) is 7.16. The summed E-state index contributed by atoms with van der Waals surface area (Å²) in [5.74, 6) is 2.41. The highest BCUT2D eigenvalue weighted by atomic mass is 16.5. The quantitative estimate of drug-likeness (QED) is 0.182. The zero-order chi connectivity index (χ0) is 36.0. The van der Waals surface area contributed by atoms with E-state index < -0.39 is 0 Å². The Balaban J connectivity index is 1.27. The Morgan fingerprint density at radius 3 is 1.88 bits per heavy atom. The highest BCUT2D eigenvalue weighted by Crippen LogP contribution is 2.42. The van der Waals surface area contributed by atoms with Crippen LogP contribution in [-0.4, -0.2) is 23.9 Å². The first-order chi connectivity index (χ1) is 25.1. The molecule has 52 heavy (non-hydrogen) atoms. The first kappa shape index (κ1) is 31.8. The van der Waals surface area contributed by atoms with Crippen molar-refractivity contribution >= 4 is 43.6 Å². The smallest absolute Gasteiger partial charge is 0.142 e. The number of pyridine rings is 1. The van der Waals surface area contributed by atoms with E-state index in [1.165, 1.54) is 55.1 Å². The Morgan fingerprint density at radius 1 is 0.538 bits per heavy atom. The molecule has 0 aliphatic rings. The summed E-state index contributed by atoms with van der Waals surface area (Å²) in [6, 6.07) is 34.2. The zero-order valence-electron chi connectivity index (χ0n) is 31.0. The lowest BCUT2D eigenvalue weighted by molar-refractivity contribution is 0.482. The molecule has 5 aromatic carbocycles. The predicted molar refractivity (Wildman–Crippen MR) is 214 cm³/mol. The van der Waals surface area contributed by atoms with Gasteiger partial charge in [0.1, 0.15) is 17.3 Å². The maximum atomic E-state index is 6.58. The number of benzene rings is 5. The predicted octanol–water partition coefficient (Wildman–Crippen LogP) is 11.7. The van der Waals surface area contributed by atoms with Crippen molar-refractivity contribution in [2.75, 3.05) is 0 Å². The van der Waals surface area contributed by atoms with E-state index >= 15 is 0 Å². The average molecular weight is 680 g/mol. The average Bonchev–Trinajstić information content (AvgIpc) is 3.78. The molecule has 0 bridgehead atoms. The van der Waals surface area contributed by atoms with Gasteiger partial charge in [-0.1, -0.05) is 48.5 Å². The molecule has 9 rings (SSSR count). The summed E-state index contributed by atoms with van der Waals surface area (Å²) in [6.45, 7) is 17.4. The number of aromatic nitrogens is 5. The SMILES string of the molecule is Cc1cc(C)n(-c2cccc(Oc3ccc4c5ccccc5n(-c5ncc(C)c(-n6c7c(C)ccc(C)c7c7c(C)ccc(C)c76)c5C)c4c3)c2)n1. The van der Waals surface area contributed by atoms with Crippen LogP contribution >= 0.6 is 0 Å². The molecule has 6 heteroatoms. The van der Waals surface area contributed by atoms with Crippen LogP contribution in [0.3, 0.4) is 0 Å². The highest BCUT2D eigenvalue weighted by Gasteiger charge is 2.24. The van der Waals surface area contributed by atoms with Gasteiger partial charge in [0, 0.05) is 51.1 Å². The standard InChI is InChI=1S/C46H41N5O/c1-26-16-18-28(3)44-41(26)42-27(2)17-19-29(4)45(42)50(44)43-30(5)25-47-46(33(43)8)49-39-15-10-9-14-37(39)38-21-20-36(24-40(38)49)52-35-13-11-12-34(23-35)51-32(7)22-31(6)48-51/h9-25H,1-8H3. The third kappa shape index (κ3) is 4.70. The molecule has 0 aliphatic carbocycles. The van der Waals surface area contributed by atoms with Crippen LogP contribution < -0.4 is 4.74 Å². The van der Waals surface area contributed by atoms with Crippen LogP contribution in [0.25, 0.3) is 60.8 Å². The first-order valence-electron chi connectivity index (χ1n) is 17.9. The molecule has 0 aliphatic heterocycles. The fourth-order valence-electron chi connectivity index (χ4n) is 8.37. The summed E-state index contributed by atoms with van der Waals surface area (Å²) in [5.41, 5.74) is 16.2. The van der Waals surface area contributed by atoms with E-state index in [-0.39, 0.29) is 0 Å². The highest BCUT2D eigenvalue weighted by molar-refractivity contribution is 6.14. The third-order valence-corrected chi connectivity index (χ3v) is 10.7. The Labute approximate surface area is 303 Å². The van der Waals surface area contributed by atoms with Gasteiger partial charge in [0.2, 0.25) is 0 Å². The summed E-state index contributed by atoms with van der Waals surface area (Å²) in [7, 11) is 0. The second kappa shape index (κ2) is 11.7. The summed E-state index contributed by atoms with van der Waals surface area (Å²) in [4.78, 5) is 5.20. The van der Waals surface area contributed by atoms with E-state index in [1.807, 2.05) is 36.0 Å². The maximum Gasteiger partial charge on any atom is 0.142 e. The van der Waals surface area contributed by atoms with E-state index in [0.717, 1.165) is 61.9 Å². The second-order valence-corrected chi connectivity index (χ2v) is 14.4. The van der Waals surface area contributed by atoms with Crippen molar-refractivity contribution in [2.45, 2.75) is 55.4 Å². The van der Waals surface area contributed by atoms with Gasteiger partial charge < -0.3 is 9.30 Å². The second-order valence-electron chi connectivity index (χ2n) is 14.4. The van der Waals surface area contributed by atoms with Gasteiger partial charge in [-0.15, -0.1) is 0 Å². The number of hydrogen-bond donors (Lipinski definition) is 0. The lowest BCUT2D eigenvalue weighted by atomic mass is 10.0. The normalized spacial score (nSPS) is 11.8. The molecule has 0 spiro atoms. The third-order valence-electron chi connectivity index (χ3n) is 10.7. The van der Waals surface area contributed by atoms with E-state index in [4.69, 9.17) is 9.72 Å². The molecule has 4 heterocycles. The fraction of sp³-hybridized carbons (Fsp3) is 0.174. The molecule has 256 valence electrons. The summed E-state index contributed by atoms with van der Waals surface area (Å²) >= 11 is 0. The van der Waals surface area contributed by atoms with Crippen LogP contribution in [-0.2, 0) is 0 Å². The molecule has 0 radical (unpaired) electrons.